The quantitative estimate of drug-likeness (QED) is 0.432. The Bertz CT molecular complexity index is 329. The molecule has 5 nitrogen and oxygen atoms in total. The highest BCUT2D eigenvalue weighted by Gasteiger charge is 2.32. The Morgan fingerprint density at radius 2 is 1.64 bits per heavy atom. The van der Waals surface area contributed by atoms with Crippen LogP contribution in [-0.4, -0.2) is 37.4 Å². The second-order valence-corrected chi connectivity index (χ2v) is 5.82. The highest BCUT2D eigenvalue weighted by molar-refractivity contribution is 5.70. The molecule has 1 fully saturated rings. The van der Waals surface area contributed by atoms with Gasteiger partial charge in [0.05, 0.1) is 6.61 Å². The average Bonchev–Trinajstić information content (AvgIpc) is 2.93. The van der Waals surface area contributed by atoms with Gasteiger partial charge >= 0.3 is 11.9 Å². The maximum absolute atomic E-state index is 11.7. The Labute approximate surface area is 133 Å². The summed E-state index contributed by atoms with van der Waals surface area (Å²) in [5, 5.41) is 0. The average molecular weight is 314 g/mol. The normalized spacial score (nSPS) is 20.8. The minimum absolute atomic E-state index is 0.178. The summed E-state index contributed by atoms with van der Waals surface area (Å²) in [6, 6.07) is 0. The third kappa shape index (κ3) is 7.78. The molecule has 5 heteroatoms. The molecule has 2 atom stereocenters. The molecule has 0 amide bonds. The second kappa shape index (κ2) is 11.5. The fraction of sp³-hybridized carbons (Fsp3) is 0.882. The lowest BCUT2D eigenvalue weighted by molar-refractivity contribution is -0.157. The summed E-state index contributed by atoms with van der Waals surface area (Å²) in [7, 11) is 0. The van der Waals surface area contributed by atoms with Crippen LogP contribution in [0.2, 0.25) is 0 Å². The largest absolute Gasteiger partial charge is 0.463 e. The number of rotatable bonds is 11. The van der Waals surface area contributed by atoms with Crippen LogP contribution in [0.15, 0.2) is 0 Å². The van der Waals surface area contributed by atoms with Crippen molar-refractivity contribution in [2.24, 2.45) is 0 Å². The van der Waals surface area contributed by atoms with Crippen molar-refractivity contribution >= 4 is 11.9 Å². The van der Waals surface area contributed by atoms with Crippen LogP contribution in [0, 0.1) is 0 Å². The van der Waals surface area contributed by atoms with Gasteiger partial charge in [0.25, 0.3) is 0 Å². The highest BCUT2D eigenvalue weighted by Crippen LogP contribution is 2.19. The molecule has 0 aromatic heterocycles. The Balaban J connectivity index is 2.22. The van der Waals surface area contributed by atoms with E-state index in [1.807, 2.05) is 0 Å². The summed E-state index contributed by atoms with van der Waals surface area (Å²) in [5.74, 6) is -0.375. The first-order valence-electron chi connectivity index (χ1n) is 8.64. The zero-order chi connectivity index (χ0) is 16.2. The summed E-state index contributed by atoms with van der Waals surface area (Å²) in [6.07, 6.45) is 6.93. The van der Waals surface area contributed by atoms with E-state index in [2.05, 4.69) is 13.8 Å². The van der Waals surface area contributed by atoms with E-state index < -0.39 is 0 Å². The third-order valence-corrected chi connectivity index (χ3v) is 3.81. The number of hydrogen-bond donors (Lipinski definition) is 0. The molecular weight excluding hydrogens is 284 g/mol. The Morgan fingerprint density at radius 3 is 2.27 bits per heavy atom. The maximum Gasteiger partial charge on any atom is 0.306 e. The van der Waals surface area contributed by atoms with E-state index in [-0.39, 0.29) is 30.8 Å². The summed E-state index contributed by atoms with van der Waals surface area (Å²) >= 11 is 0. The first-order chi connectivity index (χ1) is 10.7. The molecule has 0 saturated carbocycles. The van der Waals surface area contributed by atoms with Gasteiger partial charge in [0.15, 0.2) is 0 Å². The van der Waals surface area contributed by atoms with Crippen molar-refractivity contribution < 1.29 is 23.8 Å². The van der Waals surface area contributed by atoms with Crippen molar-refractivity contribution in [3.8, 4) is 0 Å². The van der Waals surface area contributed by atoms with Crippen molar-refractivity contribution in [3.63, 3.8) is 0 Å². The molecule has 128 valence electrons. The first-order valence-corrected chi connectivity index (χ1v) is 8.64. The van der Waals surface area contributed by atoms with E-state index in [1.54, 1.807) is 0 Å². The molecule has 22 heavy (non-hydrogen) atoms. The number of ether oxygens (including phenoxy) is 3. The van der Waals surface area contributed by atoms with Crippen LogP contribution in [0.5, 0.6) is 0 Å². The van der Waals surface area contributed by atoms with Gasteiger partial charge in [-0.1, -0.05) is 39.5 Å². The van der Waals surface area contributed by atoms with Crippen LogP contribution in [0.25, 0.3) is 0 Å². The van der Waals surface area contributed by atoms with Crippen LogP contribution < -0.4 is 0 Å². The van der Waals surface area contributed by atoms with Crippen molar-refractivity contribution in [2.75, 3.05) is 13.2 Å². The minimum Gasteiger partial charge on any atom is -0.463 e. The first kappa shape index (κ1) is 18.9. The zero-order valence-electron chi connectivity index (χ0n) is 14.0. The molecule has 0 radical (unpaired) electrons. The van der Waals surface area contributed by atoms with Crippen molar-refractivity contribution in [3.05, 3.63) is 0 Å². The molecule has 0 bridgehead atoms. The summed E-state index contributed by atoms with van der Waals surface area (Å²) < 4.78 is 16.2. The van der Waals surface area contributed by atoms with E-state index >= 15 is 0 Å². The number of carbonyl (C=O) groups is 2. The Kier molecular flexibility index (Phi) is 9.87. The molecule has 0 aromatic rings. The topological polar surface area (TPSA) is 61.8 Å². The fourth-order valence-corrected chi connectivity index (χ4v) is 2.43. The molecule has 1 rings (SSSR count). The van der Waals surface area contributed by atoms with Gasteiger partial charge < -0.3 is 14.2 Å². The van der Waals surface area contributed by atoms with E-state index in [9.17, 15) is 9.59 Å². The lowest BCUT2D eigenvalue weighted by Gasteiger charge is -2.19. The van der Waals surface area contributed by atoms with Crippen molar-refractivity contribution in [2.45, 2.75) is 83.8 Å². The Morgan fingerprint density at radius 1 is 1.00 bits per heavy atom. The van der Waals surface area contributed by atoms with Gasteiger partial charge in [0, 0.05) is 19.3 Å². The maximum atomic E-state index is 11.7. The molecule has 2 unspecified atom stereocenters. The lowest BCUT2D eigenvalue weighted by atomic mass is 10.2. The monoisotopic (exact) mass is 314 g/mol. The van der Waals surface area contributed by atoms with Gasteiger partial charge in [-0.3, -0.25) is 9.59 Å². The summed E-state index contributed by atoms with van der Waals surface area (Å²) in [4.78, 5) is 23.3. The molecule has 0 N–H and O–H groups in total. The van der Waals surface area contributed by atoms with E-state index in [4.69, 9.17) is 14.2 Å². The Hall–Kier alpha value is -1.10. The van der Waals surface area contributed by atoms with E-state index in [1.165, 1.54) is 0 Å². The molecule has 0 aromatic carbocycles. The van der Waals surface area contributed by atoms with Gasteiger partial charge in [0.2, 0.25) is 0 Å². The fourth-order valence-electron chi connectivity index (χ4n) is 2.43. The molecular formula is C17H30O5. The number of hydrogen-bond acceptors (Lipinski definition) is 5. The summed E-state index contributed by atoms with van der Waals surface area (Å²) in [6.45, 7) is 4.92. The molecule has 0 spiro atoms. The second-order valence-electron chi connectivity index (χ2n) is 5.82. The van der Waals surface area contributed by atoms with Crippen molar-refractivity contribution in [1.82, 2.24) is 0 Å². The number of esters is 2. The van der Waals surface area contributed by atoms with Gasteiger partial charge in [-0.15, -0.1) is 0 Å². The number of unbranched alkanes of at least 4 members (excludes halogenated alkanes) is 4. The zero-order valence-corrected chi connectivity index (χ0v) is 14.0. The van der Waals surface area contributed by atoms with Gasteiger partial charge in [-0.2, -0.15) is 0 Å². The lowest BCUT2D eigenvalue weighted by Crippen LogP contribution is -2.32. The summed E-state index contributed by atoms with van der Waals surface area (Å²) in [5.41, 5.74) is 0. The van der Waals surface area contributed by atoms with E-state index in [0.717, 1.165) is 38.5 Å². The minimum atomic E-state index is -0.315. The predicted octanol–water partition coefficient (Wildman–Crippen LogP) is 3.39. The van der Waals surface area contributed by atoms with E-state index in [0.29, 0.717) is 25.9 Å². The van der Waals surface area contributed by atoms with Crippen LogP contribution >= 0.6 is 0 Å². The van der Waals surface area contributed by atoms with Crippen molar-refractivity contribution in [1.29, 1.82) is 0 Å². The molecule has 1 saturated heterocycles. The third-order valence-electron chi connectivity index (χ3n) is 3.81. The smallest absolute Gasteiger partial charge is 0.306 e. The van der Waals surface area contributed by atoms with Crippen LogP contribution in [0.3, 0.4) is 0 Å². The van der Waals surface area contributed by atoms with Crippen LogP contribution in [-0.2, 0) is 23.8 Å². The van der Waals surface area contributed by atoms with Crippen LogP contribution in [0.4, 0.5) is 0 Å². The highest BCUT2D eigenvalue weighted by atomic mass is 16.6. The SMILES string of the molecule is CCCCCC(=O)OCC1OCCC1OC(=O)CCCCC. The molecule has 1 heterocycles. The molecule has 0 aliphatic carbocycles. The number of carbonyl (C=O) groups excluding carboxylic acids is 2. The molecule has 1 aliphatic rings. The molecule has 1 aliphatic heterocycles. The van der Waals surface area contributed by atoms with Crippen LogP contribution in [0.1, 0.15) is 71.6 Å². The van der Waals surface area contributed by atoms with Gasteiger partial charge in [-0.05, 0) is 12.8 Å². The predicted molar refractivity (Wildman–Crippen MR) is 83.5 cm³/mol. The van der Waals surface area contributed by atoms with Gasteiger partial charge in [0.1, 0.15) is 18.8 Å². The standard InChI is InChI=1S/C17H30O5/c1-3-5-7-9-16(18)21-13-15-14(11-12-20-15)22-17(19)10-8-6-4-2/h14-15H,3-13H2,1-2H3. The van der Waals surface area contributed by atoms with Gasteiger partial charge in [-0.25, -0.2) is 0 Å².